The zero-order valence-electron chi connectivity index (χ0n) is 23.0. The molecule has 3 heteroatoms. The van der Waals surface area contributed by atoms with Crippen LogP contribution < -0.4 is 21.2 Å². The molecule has 0 atom stereocenters. The second kappa shape index (κ2) is 10.1. The van der Waals surface area contributed by atoms with Gasteiger partial charge in [-0.1, -0.05) is 103 Å². The minimum atomic E-state index is -2.14. The van der Waals surface area contributed by atoms with Gasteiger partial charge in [-0.3, -0.25) is 0 Å². The molecule has 0 aliphatic carbocycles. The highest BCUT2D eigenvalue weighted by atomic mass is 31.2. The first-order valence-corrected chi connectivity index (χ1v) is 16.1. The Morgan fingerprint density at radius 2 is 0.786 bits per heavy atom. The van der Waals surface area contributed by atoms with Crippen molar-refractivity contribution in [2.45, 2.75) is 0 Å². The summed E-state index contributed by atoms with van der Waals surface area (Å²) in [6.45, 7) is 0. The molecule has 42 heavy (non-hydrogen) atoms. The number of nitrogens with zero attached hydrogens (tertiary/aromatic N) is 1. The van der Waals surface area contributed by atoms with Gasteiger partial charge in [-0.15, -0.1) is 0 Å². The Hall–Kier alpha value is -5.04. The van der Waals surface area contributed by atoms with Gasteiger partial charge in [0.25, 0.3) is 0 Å². The van der Waals surface area contributed by atoms with Crippen LogP contribution in [-0.4, -0.2) is 9.97 Å². The van der Waals surface area contributed by atoms with E-state index in [1.807, 2.05) is 0 Å². The number of aromatic nitrogens is 2. The second-order valence-electron chi connectivity index (χ2n) is 10.6. The molecule has 8 rings (SSSR count). The van der Waals surface area contributed by atoms with Crippen LogP contribution in [0, 0.1) is 0 Å². The highest BCUT2D eigenvalue weighted by Crippen LogP contribution is 2.54. The first-order valence-electron chi connectivity index (χ1n) is 14.3. The Labute approximate surface area is 245 Å². The molecule has 0 aliphatic heterocycles. The molecule has 0 aliphatic rings. The highest BCUT2D eigenvalue weighted by Gasteiger charge is 2.47. The molecule has 0 bridgehead atoms. The molecule has 2 nitrogen and oxygen atoms in total. The number of nitrogens with one attached hydrogen (secondary N) is 1. The van der Waals surface area contributed by atoms with Crippen molar-refractivity contribution in [3.05, 3.63) is 164 Å². The summed E-state index contributed by atoms with van der Waals surface area (Å²) in [7, 11) is -2.14. The fourth-order valence-electron chi connectivity index (χ4n) is 6.45. The molecule has 0 amide bonds. The average Bonchev–Trinajstić information content (AvgIpc) is 3.53. The summed E-state index contributed by atoms with van der Waals surface area (Å²) in [6.07, 6.45) is 0. The fraction of sp³-hybridized carbons (Fsp3) is 0. The average molecular weight is 556 g/mol. The first kappa shape index (κ1) is 24.7. The lowest BCUT2D eigenvalue weighted by atomic mass is 10.0. The third-order valence-electron chi connectivity index (χ3n) is 8.33. The maximum absolute atomic E-state index is 5.18. The van der Waals surface area contributed by atoms with Gasteiger partial charge < -0.3 is 4.98 Å². The van der Waals surface area contributed by atoms with Crippen LogP contribution in [0.2, 0.25) is 0 Å². The van der Waals surface area contributed by atoms with Gasteiger partial charge in [0.2, 0.25) is 0 Å². The number of benzene rings is 7. The van der Waals surface area contributed by atoms with Crippen molar-refractivity contribution in [3.63, 3.8) is 0 Å². The van der Waals surface area contributed by atoms with Crippen molar-refractivity contribution in [1.29, 1.82) is 0 Å². The van der Waals surface area contributed by atoms with Crippen LogP contribution in [0.1, 0.15) is 0 Å². The fourth-order valence-corrected chi connectivity index (χ4v) is 10.7. The molecule has 198 valence electrons. The van der Waals surface area contributed by atoms with E-state index in [0.29, 0.717) is 0 Å². The van der Waals surface area contributed by atoms with E-state index in [2.05, 4.69) is 169 Å². The SMILES string of the molecule is c1ccc([P+](c2ccccc2)(c2ccccc2)c2ccc(-c3nc4c5ccccc5c5ccccc5c4[nH]3)cc2)cc1. The maximum atomic E-state index is 5.18. The summed E-state index contributed by atoms with van der Waals surface area (Å²) in [5.41, 5.74) is 3.18. The molecule has 0 spiro atoms. The number of hydrogen-bond donors (Lipinski definition) is 1. The summed E-state index contributed by atoms with van der Waals surface area (Å²) < 4.78 is 0. The molecule has 1 aromatic heterocycles. The standard InChI is InChI=1S/C39H28N2P/c1-4-14-29(15-5-1)42(30-16-6-2-7-17-30,31-18-8-3-9-19-31)32-26-24-28(25-27-32)39-40-37-35-22-12-10-20-33(35)34-21-11-13-23-36(34)38(37)41-39/h1-27H,(H,40,41)/q+1. The Balaban J connectivity index is 1.34. The van der Waals surface area contributed by atoms with E-state index in [9.17, 15) is 0 Å². The van der Waals surface area contributed by atoms with Gasteiger partial charge >= 0.3 is 0 Å². The molecule has 0 saturated heterocycles. The van der Waals surface area contributed by atoms with E-state index < -0.39 is 7.26 Å². The molecule has 0 saturated carbocycles. The number of aromatic amines is 1. The number of fused-ring (bicyclic) bond motifs is 6. The van der Waals surface area contributed by atoms with Gasteiger partial charge in [-0.2, -0.15) is 0 Å². The zero-order chi connectivity index (χ0) is 27.9. The van der Waals surface area contributed by atoms with Crippen molar-refractivity contribution in [3.8, 4) is 11.4 Å². The van der Waals surface area contributed by atoms with Crippen molar-refractivity contribution in [2.24, 2.45) is 0 Å². The minimum Gasteiger partial charge on any atom is -0.337 e. The third-order valence-corrected chi connectivity index (χ3v) is 12.6. The van der Waals surface area contributed by atoms with Crippen molar-refractivity contribution >= 4 is 61.1 Å². The van der Waals surface area contributed by atoms with E-state index in [1.165, 1.54) is 42.8 Å². The first-order chi connectivity index (χ1) is 20.8. The molecule has 1 heterocycles. The Bertz CT molecular complexity index is 2000. The quantitative estimate of drug-likeness (QED) is 0.168. The van der Waals surface area contributed by atoms with Gasteiger partial charge in [-0.05, 0) is 71.4 Å². The third kappa shape index (κ3) is 3.80. The summed E-state index contributed by atoms with van der Waals surface area (Å²) in [5, 5.41) is 10.2. The minimum absolute atomic E-state index is 0.890. The van der Waals surface area contributed by atoms with Crippen LogP contribution in [0.15, 0.2) is 164 Å². The monoisotopic (exact) mass is 555 g/mol. The molecule has 1 N–H and O–H groups in total. The van der Waals surface area contributed by atoms with Crippen LogP contribution in [0.25, 0.3) is 44.0 Å². The van der Waals surface area contributed by atoms with Crippen molar-refractivity contribution in [1.82, 2.24) is 9.97 Å². The Morgan fingerprint density at radius 1 is 0.381 bits per heavy atom. The van der Waals surface area contributed by atoms with Crippen LogP contribution in [0.4, 0.5) is 0 Å². The smallest absolute Gasteiger partial charge is 0.144 e. The van der Waals surface area contributed by atoms with Gasteiger partial charge in [0.05, 0.1) is 11.0 Å². The summed E-state index contributed by atoms with van der Waals surface area (Å²) in [5.74, 6) is 0.890. The summed E-state index contributed by atoms with van der Waals surface area (Å²) >= 11 is 0. The van der Waals surface area contributed by atoms with E-state index >= 15 is 0 Å². The topological polar surface area (TPSA) is 28.7 Å². The summed E-state index contributed by atoms with van der Waals surface area (Å²) in [4.78, 5) is 8.88. The largest absolute Gasteiger partial charge is 0.337 e. The highest BCUT2D eigenvalue weighted by molar-refractivity contribution is 8.01. The predicted molar refractivity (Wildman–Crippen MR) is 181 cm³/mol. The molecule has 0 unspecified atom stereocenters. The molecular formula is C39H28N2P+. The number of H-pyrrole nitrogens is 1. The lowest BCUT2D eigenvalue weighted by Gasteiger charge is -2.27. The number of rotatable bonds is 5. The molecule has 0 radical (unpaired) electrons. The van der Waals surface area contributed by atoms with Gasteiger partial charge in [0.15, 0.2) is 0 Å². The normalized spacial score (nSPS) is 11.8. The van der Waals surface area contributed by atoms with Gasteiger partial charge in [-0.25, -0.2) is 4.98 Å². The number of hydrogen-bond acceptors (Lipinski definition) is 1. The van der Waals surface area contributed by atoms with Crippen molar-refractivity contribution in [2.75, 3.05) is 0 Å². The maximum Gasteiger partial charge on any atom is 0.144 e. The molecular weight excluding hydrogens is 527 g/mol. The molecule has 0 fully saturated rings. The van der Waals surface area contributed by atoms with Gasteiger partial charge in [0, 0.05) is 16.3 Å². The van der Waals surface area contributed by atoms with E-state index in [0.717, 1.165) is 22.4 Å². The number of imidazole rings is 1. The Kier molecular flexibility index (Phi) is 5.95. The van der Waals surface area contributed by atoms with Gasteiger partial charge in [0.1, 0.15) is 34.3 Å². The summed E-state index contributed by atoms with van der Waals surface area (Å²) in [6, 6.07) is 59.3. The van der Waals surface area contributed by atoms with E-state index in [4.69, 9.17) is 4.98 Å². The van der Waals surface area contributed by atoms with Crippen LogP contribution in [-0.2, 0) is 0 Å². The van der Waals surface area contributed by atoms with Crippen LogP contribution >= 0.6 is 7.26 Å². The van der Waals surface area contributed by atoms with Crippen LogP contribution in [0.3, 0.4) is 0 Å². The predicted octanol–water partition coefficient (Wildman–Crippen LogP) is 8.16. The second-order valence-corrected chi connectivity index (χ2v) is 14.0. The molecule has 7 aromatic carbocycles. The van der Waals surface area contributed by atoms with E-state index in [1.54, 1.807) is 0 Å². The Morgan fingerprint density at radius 3 is 1.31 bits per heavy atom. The van der Waals surface area contributed by atoms with E-state index in [-0.39, 0.29) is 0 Å². The van der Waals surface area contributed by atoms with Crippen molar-refractivity contribution < 1.29 is 0 Å². The van der Waals surface area contributed by atoms with Crippen LogP contribution in [0.5, 0.6) is 0 Å². The molecule has 8 aromatic rings. The zero-order valence-corrected chi connectivity index (χ0v) is 23.9. The lowest BCUT2D eigenvalue weighted by molar-refractivity contribution is 1.34. The lowest BCUT2D eigenvalue weighted by Crippen LogP contribution is -2.38.